The summed E-state index contributed by atoms with van der Waals surface area (Å²) in [4.78, 5) is 11.6. The molecule has 0 aliphatic carbocycles. The molecule has 0 saturated heterocycles. The van der Waals surface area contributed by atoms with Crippen molar-refractivity contribution in [3.63, 3.8) is 0 Å². The molecule has 4 nitrogen and oxygen atoms in total. The molecular weight excluding hydrogens is 228 g/mol. The Morgan fingerprint density at radius 1 is 1.33 bits per heavy atom. The molecule has 0 bridgehead atoms. The topological polar surface area (TPSA) is 61.4 Å². The summed E-state index contributed by atoms with van der Waals surface area (Å²) in [6.45, 7) is 4.70. The van der Waals surface area contributed by atoms with E-state index in [0.29, 0.717) is 13.1 Å². The van der Waals surface area contributed by atoms with Crippen LogP contribution in [0.5, 0.6) is 0 Å². The lowest BCUT2D eigenvalue weighted by molar-refractivity contribution is -0.128. The summed E-state index contributed by atoms with van der Waals surface area (Å²) in [6, 6.07) is 9.48. The zero-order valence-electron chi connectivity index (χ0n) is 11.2. The first kappa shape index (κ1) is 14.7. The first-order valence-corrected chi connectivity index (χ1v) is 6.13. The minimum Gasteiger partial charge on any atom is -0.387 e. The molecule has 0 radical (unpaired) electrons. The molecule has 1 unspecified atom stereocenters. The highest BCUT2D eigenvalue weighted by atomic mass is 16.3. The van der Waals surface area contributed by atoms with Crippen LogP contribution in [-0.2, 0) is 4.79 Å². The van der Waals surface area contributed by atoms with Crippen LogP contribution < -0.4 is 10.6 Å². The van der Waals surface area contributed by atoms with E-state index < -0.39 is 11.5 Å². The van der Waals surface area contributed by atoms with Crippen LogP contribution in [-0.4, -0.2) is 31.2 Å². The second-order valence-corrected chi connectivity index (χ2v) is 5.02. The Morgan fingerprint density at radius 2 is 1.94 bits per heavy atom. The van der Waals surface area contributed by atoms with Crippen LogP contribution in [0.2, 0.25) is 0 Å². The number of aliphatic hydroxyl groups excluding tert-OH is 1. The van der Waals surface area contributed by atoms with Gasteiger partial charge in [0.05, 0.1) is 11.5 Å². The Labute approximate surface area is 108 Å². The van der Waals surface area contributed by atoms with Crippen molar-refractivity contribution in [2.45, 2.75) is 20.0 Å². The van der Waals surface area contributed by atoms with Crippen molar-refractivity contribution in [3.8, 4) is 0 Å². The molecule has 0 aromatic heterocycles. The standard InChI is InChI=1S/C14H22N2O2/c1-14(2,13(18)15-3)10-16-9-12(17)11-7-5-4-6-8-11/h4-8,12,16-17H,9-10H2,1-3H3,(H,15,18). The fourth-order valence-corrected chi connectivity index (χ4v) is 1.73. The molecule has 1 rings (SSSR count). The SMILES string of the molecule is CNC(=O)C(C)(C)CNCC(O)c1ccccc1. The van der Waals surface area contributed by atoms with E-state index in [9.17, 15) is 9.90 Å². The number of amides is 1. The van der Waals surface area contributed by atoms with Gasteiger partial charge >= 0.3 is 0 Å². The Kier molecular flexibility index (Phi) is 5.31. The number of hydrogen-bond acceptors (Lipinski definition) is 3. The third-order valence-electron chi connectivity index (χ3n) is 2.93. The predicted molar refractivity (Wildman–Crippen MR) is 72.1 cm³/mol. The van der Waals surface area contributed by atoms with E-state index in [4.69, 9.17) is 0 Å². The van der Waals surface area contributed by atoms with Crippen molar-refractivity contribution in [1.82, 2.24) is 10.6 Å². The van der Waals surface area contributed by atoms with Gasteiger partial charge in [0, 0.05) is 20.1 Å². The highest BCUT2D eigenvalue weighted by molar-refractivity contribution is 5.81. The summed E-state index contributed by atoms with van der Waals surface area (Å²) < 4.78 is 0. The monoisotopic (exact) mass is 250 g/mol. The Balaban J connectivity index is 2.40. The highest BCUT2D eigenvalue weighted by Gasteiger charge is 2.26. The largest absolute Gasteiger partial charge is 0.387 e. The zero-order valence-corrected chi connectivity index (χ0v) is 11.2. The molecule has 4 heteroatoms. The van der Waals surface area contributed by atoms with Gasteiger partial charge in [-0.2, -0.15) is 0 Å². The van der Waals surface area contributed by atoms with E-state index in [1.807, 2.05) is 44.2 Å². The molecule has 0 heterocycles. The first-order valence-electron chi connectivity index (χ1n) is 6.13. The molecule has 1 aromatic rings. The van der Waals surface area contributed by atoms with E-state index >= 15 is 0 Å². The quantitative estimate of drug-likeness (QED) is 0.708. The molecule has 3 N–H and O–H groups in total. The van der Waals surface area contributed by atoms with Crippen LogP contribution in [0, 0.1) is 5.41 Å². The maximum Gasteiger partial charge on any atom is 0.226 e. The van der Waals surface area contributed by atoms with E-state index in [2.05, 4.69) is 10.6 Å². The smallest absolute Gasteiger partial charge is 0.226 e. The zero-order chi connectivity index (χ0) is 13.6. The molecule has 0 aliphatic heterocycles. The van der Waals surface area contributed by atoms with E-state index in [1.165, 1.54) is 0 Å². The number of nitrogens with one attached hydrogen (secondary N) is 2. The number of hydrogen-bond donors (Lipinski definition) is 3. The van der Waals surface area contributed by atoms with Gasteiger partial charge in [-0.3, -0.25) is 4.79 Å². The van der Waals surface area contributed by atoms with Gasteiger partial charge in [0.25, 0.3) is 0 Å². The number of benzene rings is 1. The molecule has 1 aromatic carbocycles. The van der Waals surface area contributed by atoms with Crippen molar-refractivity contribution in [3.05, 3.63) is 35.9 Å². The fraction of sp³-hybridized carbons (Fsp3) is 0.500. The van der Waals surface area contributed by atoms with Crippen molar-refractivity contribution < 1.29 is 9.90 Å². The minimum atomic E-state index is -0.549. The first-order chi connectivity index (χ1) is 8.47. The highest BCUT2D eigenvalue weighted by Crippen LogP contribution is 2.15. The van der Waals surface area contributed by atoms with Crippen molar-refractivity contribution in [2.24, 2.45) is 5.41 Å². The van der Waals surface area contributed by atoms with Gasteiger partial charge in [-0.1, -0.05) is 30.3 Å². The lowest BCUT2D eigenvalue weighted by Crippen LogP contribution is -2.42. The third kappa shape index (κ3) is 4.13. The lowest BCUT2D eigenvalue weighted by Gasteiger charge is -2.23. The summed E-state index contributed by atoms with van der Waals surface area (Å²) >= 11 is 0. The molecule has 0 saturated carbocycles. The van der Waals surface area contributed by atoms with E-state index in [1.54, 1.807) is 7.05 Å². The van der Waals surface area contributed by atoms with Gasteiger partial charge < -0.3 is 15.7 Å². The predicted octanol–water partition coefficient (Wildman–Crippen LogP) is 1.08. The van der Waals surface area contributed by atoms with Crippen LogP contribution in [0.4, 0.5) is 0 Å². The number of rotatable bonds is 6. The third-order valence-corrected chi connectivity index (χ3v) is 2.93. The minimum absolute atomic E-state index is 0.01000. The van der Waals surface area contributed by atoms with Gasteiger partial charge in [0.2, 0.25) is 5.91 Å². The average Bonchev–Trinajstić information content (AvgIpc) is 2.38. The summed E-state index contributed by atoms with van der Waals surface area (Å²) in [6.07, 6.45) is -0.549. The summed E-state index contributed by atoms with van der Waals surface area (Å²) in [7, 11) is 1.63. The van der Waals surface area contributed by atoms with E-state index in [0.717, 1.165) is 5.56 Å². The normalized spacial score (nSPS) is 13.1. The Morgan fingerprint density at radius 3 is 2.50 bits per heavy atom. The summed E-state index contributed by atoms with van der Waals surface area (Å²) in [5.41, 5.74) is 0.397. The number of aliphatic hydroxyl groups is 1. The molecular formula is C14H22N2O2. The lowest BCUT2D eigenvalue weighted by atomic mass is 9.92. The molecule has 0 aliphatic rings. The fourth-order valence-electron chi connectivity index (χ4n) is 1.73. The van der Waals surface area contributed by atoms with Crippen LogP contribution >= 0.6 is 0 Å². The maximum atomic E-state index is 11.6. The van der Waals surface area contributed by atoms with Gasteiger partial charge in [0.15, 0.2) is 0 Å². The average molecular weight is 250 g/mol. The second kappa shape index (κ2) is 6.52. The van der Waals surface area contributed by atoms with Crippen molar-refractivity contribution >= 4 is 5.91 Å². The molecule has 0 fully saturated rings. The molecule has 1 amide bonds. The van der Waals surface area contributed by atoms with Gasteiger partial charge in [-0.05, 0) is 19.4 Å². The number of carbonyl (C=O) groups is 1. The van der Waals surface area contributed by atoms with Crippen LogP contribution in [0.1, 0.15) is 25.5 Å². The van der Waals surface area contributed by atoms with Crippen LogP contribution in [0.25, 0.3) is 0 Å². The van der Waals surface area contributed by atoms with E-state index in [-0.39, 0.29) is 5.91 Å². The van der Waals surface area contributed by atoms with Gasteiger partial charge in [0.1, 0.15) is 0 Å². The second-order valence-electron chi connectivity index (χ2n) is 5.02. The van der Waals surface area contributed by atoms with Crippen molar-refractivity contribution in [2.75, 3.05) is 20.1 Å². The Hall–Kier alpha value is -1.39. The molecule has 1 atom stereocenters. The van der Waals surface area contributed by atoms with Crippen molar-refractivity contribution in [1.29, 1.82) is 0 Å². The van der Waals surface area contributed by atoms with Gasteiger partial charge in [-0.15, -0.1) is 0 Å². The summed E-state index contributed by atoms with van der Waals surface area (Å²) in [5, 5.41) is 15.7. The van der Waals surface area contributed by atoms with Crippen LogP contribution in [0.3, 0.4) is 0 Å². The Bertz CT molecular complexity index is 377. The molecule has 0 spiro atoms. The number of carbonyl (C=O) groups excluding carboxylic acids is 1. The van der Waals surface area contributed by atoms with Crippen LogP contribution in [0.15, 0.2) is 30.3 Å². The van der Waals surface area contributed by atoms with Gasteiger partial charge in [-0.25, -0.2) is 0 Å². The maximum absolute atomic E-state index is 11.6. The molecule has 18 heavy (non-hydrogen) atoms. The summed E-state index contributed by atoms with van der Waals surface area (Å²) in [5.74, 6) is -0.01000. The molecule has 100 valence electrons.